The molecule has 1 saturated carbocycles. The lowest BCUT2D eigenvalue weighted by molar-refractivity contribution is -0.145. The van der Waals surface area contributed by atoms with E-state index in [1.54, 1.807) is 12.4 Å². The first-order chi connectivity index (χ1) is 8.08. The van der Waals surface area contributed by atoms with Gasteiger partial charge in [-0.15, -0.1) is 0 Å². The SMILES string of the molecule is CC(C)Oc1cncc(C2CCC2C(=O)O)c1. The van der Waals surface area contributed by atoms with Gasteiger partial charge in [-0.05, 0) is 44.2 Å². The van der Waals surface area contributed by atoms with Crippen molar-refractivity contribution < 1.29 is 14.6 Å². The maximum Gasteiger partial charge on any atom is 0.307 e. The van der Waals surface area contributed by atoms with Crippen molar-refractivity contribution in [2.45, 2.75) is 38.7 Å². The lowest BCUT2D eigenvalue weighted by Crippen LogP contribution is -2.31. The zero-order valence-corrected chi connectivity index (χ0v) is 10.1. The Hall–Kier alpha value is -1.58. The van der Waals surface area contributed by atoms with Crippen LogP contribution < -0.4 is 4.74 Å². The topological polar surface area (TPSA) is 59.4 Å². The number of nitrogens with zero attached hydrogens (tertiary/aromatic N) is 1. The maximum absolute atomic E-state index is 11.0. The Morgan fingerprint density at radius 2 is 2.24 bits per heavy atom. The highest BCUT2D eigenvalue weighted by molar-refractivity contribution is 5.72. The molecule has 2 unspecified atom stereocenters. The van der Waals surface area contributed by atoms with Crippen molar-refractivity contribution in [1.29, 1.82) is 0 Å². The van der Waals surface area contributed by atoms with E-state index in [1.165, 1.54) is 0 Å². The molecule has 1 aromatic rings. The normalized spacial score (nSPS) is 23.2. The molecule has 1 heterocycles. The Morgan fingerprint density at radius 3 is 2.76 bits per heavy atom. The second-order valence-corrected chi connectivity index (χ2v) is 4.75. The van der Waals surface area contributed by atoms with E-state index in [9.17, 15) is 4.79 Å². The minimum absolute atomic E-state index is 0.0933. The molecule has 4 nitrogen and oxygen atoms in total. The van der Waals surface area contributed by atoms with E-state index in [0.29, 0.717) is 5.75 Å². The molecule has 0 radical (unpaired) electrons. The van der Waals surface area contributed by atoms with Gasteiger partial charge >= 0.3 is 5.97 Å². The van der Waals surface area contributed by atoms with E-state index >= 15 is 0 Å². The van der Waals surface area contributed by atoms with E-state index in [1.807, 2.05) is 19.9 Å². The quantitative estimate of drug-likeness (QED) is 0.870. The van der Waals surface area contributed by atoms with E-state index in [0.717, 1.165) is 18.4 Å². The molecule has 17 heavy (non-hydrogen) atoms. The smallest absolute Gasteiger partial charge is 0.307 e. The second-order valence-electron chi connectivity index (χ2n) is 4.75. The average Bonchev–Trinajstić information content (AvgIpc) is 2.13. The van der Waals surface area contributed by atoms with Crippen LogP contribution in [0.5, 0.6) is 5.75 Å². The summed E-state index contributed by atoms with van der Waals surface area (Å²) in [5, 5.41) is 9.03. The van der Waals surface area contributed by atoms with Gasteiger partial charge < -0.3 is 9.84 Å². The number of carboxylic acids is 1. The summed E-state index contributed by atoms with van der Waals surface area (Å²) in [5.41, 5.74) is 0.974. The Morgan fingerprint density at radius 1 is 1.47 bits per heavy atom. The van der Waals surface area contributed by atoms with Crippen LogP contribution in [-0.4, -0.2) is 22.2 Å². The average molecular weight is 235 g/mol. The van der Waals surface area contributed by atoms with Gasteiger partial charge in [-0.1, -0.05) is 0 Å². The summed E-state index contributed by atoms with van der Waals surface area (Å²) in [4.78, 5) is 15.1. The number of carboxylic acid groups (broad SMARTS) is 1. The van der Waals surface area contributed by atoms with Crippen LogP contribution in [0.4, 0.5) is 0 Å². The van der Waals surface area contributed by atoms with Gasteiger partial charge in [-0.3, -0.25) is 9.78 Å². The molecule has 0 aromatic carbocycles. The molecule has 1 aliphatic rings. The van der Waals surface area contributed by atoms with Crippen molar-refractivity contribution in [1.82, 2.24) is 4.98 Å². The highest BCUT2D eigenvalue weighted by Crippen LogP contribution is 2.43. The summed E-state index contributed by atoms with van der Waals surface area (Å²) >= 11 is 0. The van der Waals surface area contributed by atoms with E-state index in [-0.39, 0.29) is 17.9 Å². The lowest BCUT2D eigenvalue weighted by Gasteiger charge is -2.33. The fourth-order valence-electron chi connectivity index (χ4n) is 2.17. The van der Waals surface area contributed by atoms with Crippen LogP contribution in [0.3, 0.4) is 0 Å². The van der Waals surface area contributed by atoms with Crippen LogP contribution in [0.2, 0.25) is 0 Å². The molecule has 0 saturated heterocycles. The highest BCUT2D eigenvalue weighted by atomic mass is 16.5. The Bertz CT molecular complexity index is 417. The van der Waals surface area contributed by atoms with Gasteiger partial charge in [0, 0.05) is 6.20 Å². The largest absolute Gasteiger partial charge is 0.489 e. The van der Waals surface area contributed by atoms with Gasteiger partial charge in [0.25, 0.3) is 0 Å². The summed E-state index contributed by atoms with van der Waals surface area (Å²) < 4.78 is 5.56. The molecule has 0 aliphatic heterocycles. The van der Waals surface area contributed by atoms with Crippen LogP contribution in [0, 0.1) is 5.92 Å². The summed E-state index contributed by atoms with van der Waals surface area (Å²) in [6.07, 6.45) is 5.19. The first-order valence-corrected chi connectivity index (χ1v) is 5.92. The molecule has 2 atom stereocenters. The Balaban J connectivity index is 2.13. The molecule has 1 fully saturated rings. The van der Waals surface area contributed by atoms with Crippen molar-refractivity contribution in [2.75, 3.05) is 0 Å². The van der Waals surface area contributed by atoms with Crippen LogP contribution in [-0.2, 0) is 4.79 Å². The molecule has 0 bridgehead atoms. The van der Waals surface area contributed by atoms with Crippen molar-refractivity contribution in [2.24, 2.45) is 5.92 Å². The fourth-order valence-corrected chi connectivity index (χ4v) is 2.17. The molecular formula is C13H17NO3. The Labute approximate surface area is 101 Å². The van der Waals surface area contributed by atoms with Gasteiger partial charge in [-0.2, -0.15) is 0 Å². The minimum atomic E-state index is -0.712. The van der Waals surface area contributed by atoms with E-state index in [2.05, 4.69) is 4.98 Å². The molecule has 1 aliphatic carbocycles. The summed E-state index contributed by atoms with van der Waals surface area (Å²) in [6.45, 7) is 3.91. The molecular weight excluding hydrogens is 218 g/mol. The first-order valence-electron chi connectivity index (χ1n) is 5.92. The van der Waals surface area contributed by atoms with Gasteiger partial charge in [-0.25, -0.2) is 0 Å². The van der Waals surface area contributed by atoms with Gasteiger partial charge in [0.15, 0.2) is 0 Å². The number of rotatable bonds is 4. The molecule has 2 rings (SSSR count). The number of ether oxygens (including phenoxy) is 1. The third kappa shape index (κ3) is 2.57. The second kappa shape index (κ2) is 4.73. The number of hydrogen-bond donors (Lipinski definition) is 1. The number of hydrogen-bond acceptors (Lipinski definition) is 3. The van der Waals surface area contributed by atoms with Gasteiger partial charge in [0.05, 0.1) is 18.2 Å². The summed E-state index contributed by atoms with van der Waals surface area (Å²) in [5.74, 6) is -0.160. The summed E-state index contributed by atoms with van der Waals surface area (Å²) in [6, 6.07) is 1.91. The van der Waals surface area contributed by atoms with E-state index < -0.39 is 5.97 Å². The number of aliphatic carboxylic acids is 1. The van der Waals surface area contributed by atoms with Gasteiger partial charge in [0.2, 0.25) is 0 Å². The molecule has 4 heteroatoms. The van der Waals surface area contributed by atoms with E-state index in [4.69, 9.17) is 9.84 Å². The third-order valence-corrected chi connectivity index (χ3v) is 3.13. The molecule has 92 valence electrons. The molecule has 1 aromatic heterocycles. The first kappa shape index (κ1) is 11.9. The van der Waals surface area contributed by atoms with Crippen LogP contribution in [0.1, 0.15) is 38.2 Å². The maximum atomic E-state index is 11.0. The van der Waals surface area contributed by atoms with Crippen molar-refractivity contribution in [3.63, 3.8) is 0 Å². The molecule has 1 N–H and O–H groups in total. The third-order valence-electron chi connectivity index (χ3n) is 3.13. The zero-order chi connectivity index (χ0) is 12.4. The summed E-state index contributed by atoms with van der Waals surface area (Å²) in [7, 11) is 0. The van der Waals surface area contributed by atoms with Crippen LogP contribution in [0.25, 0.3) is 0 Å². The number of carbonyl (C=O) groups is 1. The molecule has 0 spiro atoms. The van der Waals surface area contributed by atoms with Crippen LogP contribution >= 0.6 is 0 Å². The van der Waals surface area contributed by atoms with Gasteiger partial charge in [0.1, 0.15) is 5.75 Å². The predicted molar refractivity (Wildman–Crippen MR) is 63.1 cm³/mol. The predicted octanol–water partition coefficient (Wildman–Crippen LogP) is 2.45. The van der Waals surface area contributed by atoms with Crippen LogP contribution in [0.15, 0.2) is 18.5 Å². The van der Waals surface area contributed by atoms with Crippen molar-refractivity contribution in [3.8, 4) is 5.75 Å². The number of aromatic nitrogens is 1. The molecule has 0 amide bonds. The lowest BCUT2D eigenvalue weighted by atomic mass is 9.70. The standard InChI is InChI=1S/C13H17NO3/c1-8(2)17-10-5-9(6-14-7-10)11-3-4-12(11)13(15)16/h5-8,11-12H,3-4H2,1-2H3,(H,15,16). The zero-order valence-electron chi connectivity index (χ0n) is 10.1. The Kier molecular flexibility index (Phi) is 3.31. The minimum Gasteiger partial charge on any atom is -0.489 e. The highest BCUT2D eigenvalue weighted by Gasteiger charge is 2.37. The monoisotopic (exact) mass is 235 g/mol. The fraction of sp³-hybridized carbons (Fsp3) is 0.538. The van der Waals surface area contributed by atoms with Crippen molar-refractivity contribution >= 4 is 5.97 Å². The number of pyridine rings is 1. The van der Waals surface area contributed by atoms with Crippen molar-refractivity contribution in [3.05, 3.63) is 24.0 Å².